The Balaban J connectivity index is 1.79. The normalized spacial score (nSPS) is 14.6. The van der Waals surface area contributed by atoms with Crippen LogP contribution in [-0.2, 0) is 4.79 Å². The maximum Gasteiger partial charge on any atom is 0.341 e. The second kappa shape index (κ2) is 7.09. The molecule has 0 aliphatic carbocycles. The predicted molar refractivity (Wildman–Crippen MR) is 90.4 cm³/mol. The molecular weight excluding hydrogens is 324 g/mol. The van der Waals surface area contributed by atoms with Crippen LogP contribution >= 0.6 is 0 Å². The molecule has 128 valence electrons. The molecule has 0 saturated heterocycles. The molecular formula is C19H16O6. The van der Waals surface area contributed by atoms with Gasteiger partial charge in [0.1, 0.15) is 23.9 Å². The highest BCUT2D eigenvalue weighted by molar-refractivity contribution is 6.14. The summed E-state index contributed by atoms with van der Waals surface area (Å²) in [5.74, 6) is 0.444. The molecule has 0 bridgehead atoms. The van der Waals surface area contributed by atoms with Gasteiger partial charge in [-0.05, 0) is 42.0 Å². The van der Waals surface area contributed by atoms with Crippen molar-refractivity contribution in [3.63, 3.8) is 0 Å². The fraction of sp³-hybridized carbons (Fsp3) is 0.158. The highest BCUT2D eigenvalue weighted by Crippen LogP contribution is 2.31. The smallest absolute Gasteiger partial charge is 0.341 e. The van der Waals surface area contributed by atoms with Gasteiger partial charge in [-0.25, -0.2) is 4.79 Å². The summed E-state index contributed by atoms with van der Waals surface area (Å²) in [7, 11) is 1.54. The lowest BCUT2D eigenvalue weighted by Crippen LogP contribution is -2.19. The van der Waals surface area contributed by atoms with Gasteiger partial charge in [-0.3, -0.25) is 4.79 Å². The van der Waals surface area contributed by atoms with Crippen molar-refractivity contribution in [3.8, 4) is 17.2 Å². The summed E-state index contributed by atoms with van der Waals surface area (Å²) in [6, 6.07) is 11.9. The molecule has 1 heterocycles. The van der Waals surface area contributed by atoms with Crippen LogP contribution in [0.25, 0.3) is 6.08 Å². The van der Waals surface area contributed by atoms with Gasteiger partial charge in [0, 0.05) is 5.57 Å². The molecule has 0 spiro atoms. The third kappa shape index (κ3) is 3.80. The maximum absolute atomic E-state index is 12.6. The van der Waals surface area contributed by atoms with Gasteiger partial charge in [-0.15, -0.1) is 0 Å². The Morgan fingerprint density at radius 1 is 1.20 bits per heavy atom. The number of ether oxygens (including phenoxy) is 3. The Morgan fingerprint density at radius 3 is 2.60 bits per heavy atom. The van der Waals surface area contributed by atoms with Crippen LogP contribution in [0.1, 0.15) is 15.9 Å². The van der Waals surface area contributed by atoms with E-state index in [9.17, 15) is 9.59 Å². The van der Waals surface area contributed by atoms with E-state index < -0.39 is 12.6 Å². The van der Waals surface area contributed by atoms with Crippen LogP contribution in [0.4, 0.5) is 0 Å². The molecule has 3 rings (SSSR count). The molecule has 1 N–H and O–H groups in total. The second-order valence-electron chi connectivity index (χ2n) is 5.40. The van der Waals surface area contributed by atoms with Crippen LogP contribution in [-0.4, -0.2) is 37.2 Å². The highest BCUT2D eigenvalue weighted by Gasteiger charge is 2.23. The molecule has 2 aromatic carbocycles. The number of Topliss-reactive ketones (excluding diaryl/α,β-unsaturated/α-hetero) is 1. The number of carboxylic acid groups (broad SMARTS) is 1. The number of benzene rings is 2. The Bertz CT molecular complexity index is 835. The second-order valence-corrected chi connectivity index (χ2v) is 5.40. The minimum Gasteiger partial charge on any atom is -0.497 e. The molecule has 2 aromatic rings. The van der Waals surface area contributed by atoms with Gasteiger partial charge in [0.25, 0.3) is 0 Å². The van der Waals surface area contributed by atoms with Crippen LogP contribution in [0, 0.1) is 0 Å². The van der Waals surface area contributed by atoms with Crippen molar-refractivity contribution in [1.29, 1.82) is 0 Å². The maximum atomic E-state index is 12.6. The van der Waals surface area contributed by atoms with Crippen molar-refractivity contribution in [2.45, 2.75) is 0 Å². The lowest BCUT2D eigenvalue weighted by molar-refractivity contribution is -0.139. The van der Waals surface area contributed by atoms with Gasteiger partial charge in [0.2, 0.25) is 0 Å². The minimum atomic E-state index is -1.04. The van der Waals surface area contributed by atoms with E-state index >= 15 is 0 Å². The number of hydrogen-bond acceptors (Lipinski definition) is 5. The van der Waals surface area contributed by atoms with E-state index in [1.54, 1.807) is 55.7 Å². The summed E-state index contributed by atoms with van der Waals surface area (Å²) in [5, 5.41) is 8.60. The van der Waals surface area contributed by atoms with Crippen molar-refractivity contribution < 1.29 is 28.9 Å². The van der Waals surface area contributed by atoms with Gasteiger partial charge in [-0.2, -0.15) is 0 Å². The molecule has 0 amide bonds. The van der Waals surface area contributed by atoms with Crippen LogP contribution in [0.3, 0.4) is 0 Å². The molecule has 0 saturated carbocycles. The third-order valence-corrected chi connectivity index (χ3v) is 3.69. The van der Waals surface area contributed by atoms with Crippen molar-refractivity contribution in [2.24, 2.45) is 0 Å². The van der Waals surface area contributed by atoms with E-state index in [0.29, 0.717) is 28.4 Å². The fourth-order valence-electron chi connectivity index (χ4n) is 2.45. The molecule has 0 aromatic heterocycles. The third-order valence-electron chi connectivity index (χ3n) is 3.69. The zero-order valence-electron chi connectivity index (χ0n) is 13.5. The molecule has 0 unspecified atom stereocenters. The number of rotatable bonds is 5. The average Bonchev–Trinajstić information content (AvgIpc) is 2.63. The Morgan fingerprint density at radius 2 is 1.92 bits per heavy atom. The van der Waals surface area contributed by atoms with Gasteiger partial charge in [0.15, 0.2) is 12.4 Å². The van der Waals surface area contributed by atoms with Crippen LogP contribution in [0.5, 0.6) is 17.2 Å². The first kappa shape index (κ1) is 16.6. The molecule has 0 radical (unpaired) electrons. The van der Waals surface area contributed by atoms with E-state index in [1.165, 1.54) is 0 Å². The SMILES string of the molecule is COc1ccc2c(c1)C(=O)C(=Cc1ccc(OCC(=O)O)cc1)CO2. The Labute approximate surface area is 144 Å². The topological polar surface area (TPSA) is 82.1 Å². The van der Waals surface area contributed by atoms with Crippen LogP contribution in [0.15, 0.2) is 48.0 Å². The largest absolute Gasteiger partial charge is 0.497 e. The lowest BCUT2D eigenvalue weighted by Gasteiger charge is -2.19. The number of carbonyl (C=O) groups excluding carboxylic acids is 1. The molecule has 6 nitrogen and oxygen atoms in total. The quantitative estimate of drug-likeness (QED) is 0.843. The standard InChI is InChI=1S/C19H16O6/c1-23-15-6-7-17-16(9-15)19(22)13(10-25-17)8-12-2-4-14(5-3-12)24-11-18(20)21/h2-9H,10-11H2,1H3,(H,20,21). The summed E-state index contributed by atoms with van der Waals surface area (Å²) in [6.45, 7) is -0.208. The first-order valence-corrected chi connectivity index (χ1v) is 7.57. The van der Waals surface area contributed by atoms with Gasteiger partial charge >= 0.3 is 5.97 Å². The zero-order valence-corrected chi connectivity index (χ0v) is 13.5. The fourth-order valence-corrected chi connectivity index (χ4v) is 2.45. The zero-order chi connectivity index (χ0) is 17.8. The lowest BCUT2D eigenvalue weighted by atomic mass is 9.98. The van der Waals surface area contributed by atoms with Gasteiger partial charge in [-0.1, -0.05) is 12.1 Å². The number of fused-ring (bicyclic) bond motifs is 1. The Hall–Kier alpha value is -3.28. The molecule has 0 atom stereocenters. The van der Waals surface area contributed by atoms with Crippen molar-refractivity contribution in [1.82, 2.24) is 0 Å². The number of aliphatic carboxylic acids is 1. The van der Waals surface area contributed by atoms with E-state index in [2.05, 4.69) is 0 Å². The summed E-state index contributed by atoms with van der Waals surface area (Å²) >= 11 is 0. The van der Waals surface area contributed by atoms with E-state index in [4.69, 9.17) is 19.3 Å². The number of hydrogen-bond donors (Lipinski definition) is 1. The summed E-state index contributed by atoms with van der Waals surface area (Å²) in [4.78, 5) is 23.1. The summed E-state index contributed by atoms with van der Waals surface area (Å²) in [5.41, 5.74) is 1.79. The van der Waals surface area contributed by atoms with Crippen molar-refractivity contribution in [3.05, 3.63) is 59.2 Å². The van der Waals surface area contributed by atoms with E-state index in [0.717, 1.165) is 5.56 Å². The van der Waals surface area contributed by atoms with Crippen molar-refractivity contribution in [2.75, 3.05) is 20.3 Å². The Kier molecular flexibility index (Phi) is 4.70. The number of ketones is 1. The number of carboxylic acids is 1. The van der Waals surface area contributed by atoms with Crippen LogP contribution in [0.2, 0.25) is 0 Å². The first-order valence-electron chi connectivity index (χ1n) is 7.57. The molecule has 1 aliphatic rings. The van der Waals surface area contributed by atoms with E-state index in [-0.39, 0.29) is 12.4 Å². The minimum absolute atomic E-state index is 0.105. The monoisotopic (exact) mass is 340 g/mol. The molecule has 6 heteroatoms. The summed E-state index contributed by atoms with van der Waals surface area (Å²) < 4.78 is 15.9. The first-order chi connectivity index (χ1) is 12.1. The predicted octanol–water partition coefficient (Wildman–Crippen LogP) is 2.82. The molecule has 25 heavy (non-hydrogen) atoms. The molecule has 0 fully saturated rings. The average molecular weight is 340 g/mol. The van der Waals surface area contributed by atoms with Crippen molar-refractivity contribution >= 4 is 17.8 Å². The highest BCUT2D eigenvalue weighted by atomic mass is 16.5. The number of methoxy groups -OCH3 is 1. The molecule has 1 aliphatic heterocycles. The van der Waals surface area contributed by atoms with Crippen LogP contribution < -0.4 is 14.2 Å². The van der Waals surface area contributed by atoms with Gasteiger partial charge in [0.05, 0.1) is 12.7 Å². The number of carbonyl (C=O) groups is 2. The van der Waals surface area contributed by atoms with Gasteiger partial charge < -0.3 is 19.3 Å². The van der Waals surface area contributed by atoms with E-state index in [1.807, 2.05) is 0 Å². The summed E-state index contributed by atoms with van der Waals surface area (Å²) in [6.07, 6.45) is 1.74.